The largest absolute Gasteiger partial charge is 0.468 e. The summed E-state index contributed by atoms with van der Waals surface area (Å²) in [6.07, 6.45) is 1.91. The molecule has 100 valence electrons. The molecule has 1 atom stereocenters. The van der Waals surface area contributed by atoms with Crippen LogP contribution in [0.4, 0.5) is 0 Å². The summed E-state index contributed by atoms with van der Waals surface area (Å²) in [6, 6.07) is 7.70. The van der Waals surface area contributed by atoms with Crippen LogP contribution in [0.2, 0.25) is 0 Å². The van der Waals surface area contributed by atoms with Crippen LogP contribution in [-0.4, -0.2) is 23.8 Å². The number of esters is 1. The molecule has 0 spiro atoms. The van der Waals surface area contributed by atoms with Crippen molar-refractivity contribution in [3.63, 3.8) is 0 Å². The van der Waals surface area contributed by atoms with Crippen molar-refractivity contribution in [1.29, 1.82) is 0 Å². The first-order valence-electron chi connectivity index (χ1n) is 6.13. The number of methoxy groups -OCH3 is 1. The summed E-state index contributed by atoms with van der Waals surface area (Å²) in [6.45, 7) is 3.23. The second-order valence-electron chi connectivity index (χ2n) is 4.95. The van der Waals surface area contributed by atoms with Gasteiger partial charge in [-0.2, -0.15) is 0 Å². The van der Waals surface area contributed by atoms with Crippen molar-refractivity contribution >= 4 is 22.7 Å². The summed E-state index contributed by atoms with van der Waals surface area (Å²) >= 11 is 0. The van der Waals surface area contributed by atoms with Gasteiger partial charge >= 0.3 is 5.97 Å². The predicted octanol–water partition coefficient (Wildman–Crippen LogP) is 2.58. The van der Waals surface area contributed by atoms with Gasteiger partial charge in [-0.25, -0.2) is 0 Å². The number of para-hydroxylation sites is 1. The Labute approximate surface area is 111 Å². The molecule has 0 unspecified atom stereocenters. The summed E-state index contributed by atoms with van der Waals surface area (Å²) in [5.41, 5.74) is 0.779. The molecule has 0 saturated heterocycles. The number of nitrogens with one attached hydrogen (secondary N) is 1. The van der Waals surface area contributed by atoms with E-state index in [0.717, 1.165) is 16.5 Å². The fourth-order valence-electron chi connectivity index (χ4n) is 2.53. The number of carbonyl (C=O) groups is 2. The molecule has 0 bridgehead atoms. The highest BCUT2D eigenvalue weighted by molar-refractivity contribution is 5.96. The second-order valence-corrected chi connectivity index (χ2v) is 4.95. The van der Waals surface area contributed by atoms with Crippen LogP contribution < -0.4 is 0 Å². The third-order valence-corrected chi connectivity index (χ3v) is 3.42. The number of ether oxygens (including phenoxy) is 1. The normalized spacial score (nSPS) is 14.1. The lowest BCUT2D eigenvalue weighted by molar-refractivity contribution is -0.148. The number of H-pyrrole nitrogens is 1. The highest BCUT2D eigenvalue weighted by atomic mass is 16.5. The van der Waals surface area contributed by atoms with Gasteiger partial charge in [-0.3, -0.25) is 9.59 Å². The molecule has 0 aliphatic carbocycles. The molecule has 2 rings (SSSR count). The van der Waals surface area contributed by atoms with Crippen LogP contribution in [0.1, 0.15) is 25.8 Å². The van der Waals surface area contributed by atoms with E-state index in [4.69, 9.17) is 4.74 Å². The molecule has 1 heterocycles. The van der Waals surface area contributed by atoms with Crippen LogP contribution in [-0.2, 0) is 19.7 Å². The average molecular weight is 259 g/mol. The van der Waals surface area contributed by atoms with E-state index in [-0.39, 0.29) is 12.2 Å². The highest BCUT2D eigenvalue weighted by Gasteiger charge is 2.39. The van der Waals surface area contributed by atoms with Crippen molar-refractivity contribution in [2.24, 2.45) is 0 Å². The molecule has 2 aromatic rings. The molecule has 0 aliphatic rings. The molecule has 4 nitrogen and oxygen atoms in total. The molecule has 1 aromatic heterocycles. The molecule has 19 heavy (non-hydrogen) atoms. The second kappa shape index (κ2) is 4.88. The smallest absolute Gasteiger partial charge is 0.316 e. The number of hydrogen-bond donors (Lipinski definition) is 1. The van der Waals surface area contributed by atoms with Crippen molar-refractivity contribution in [3.05, 3.63) is 36.0 Å². The number of aromatic amines is 1. The van der Waals surface area contributed by atoms with Crippen LogP contribution in [0.3, 0.4) is 0 Å². The highest BCUT2D eigenvalue weighted by Crippen LogP contribution is 2.34. The van der Waals surface area contributed by atoms with Crippen molar-refractivity contribution in [3.8, 4) is 0 Å². The number of carbonyl (C=O) groups excluding carboxylic acids is 2. The standard InChI is InChI=1S/C15H17NO3/c1-10(17)8-15(2,14(18)19-3)12-9-16-13-7-5-4-6-11(12)13/h4-7,9,16H,8H2,1-3H3/t15-/m0/s1. The number of hydrogen-bond acceptors (Lipinski definition) is 3. The SMILES string of the molecule is COC(=O)[C@@](C)(CC(C)=O)c1c[nH]c2ccccc12. The van der Waals surface area contributed by atoms with Crippen molar-refractivity contribution < 1.29 is 14.3 Å². The topological polar surface area (TPSA) is 59.2 Å². The van der Waals surface area contributed by atoms with Crippen molar-refractivity contribution in [2.45, 2.75) is 25.7 Å². The van der Waals surface area contributed by atoms with Gasteiger partial charge in [-0.05, 0) is 25.5 Å². The molecule has 0 amide bonds. The van der Waals surface area contributed by atoms with E-state index in [1.54, 1.807) is 13.1 Å². The number of fused-ring (bicyclic) bond motifs is 1. The lowest BCUT2D eigenvalue weighted by Gasteiger charge is -2.25. The van der Waals surface area contributed by atoms with Crippen LogP contribution in [0.25, 0.3) is 10.9 Å². The molecule has 0 radical (unpaired) electrons. The van der Waals surface area contributed by atoms with E-state index in [1.165, 1.54) is 14.0 Å². The minimum atomic E-state index is -0.958. The predicted molar refractivity (Wildman–Crippen MR) is 73.0 cm³/mol. The Morgan fingerprint density at radius 3 is 2.63 bits per heavy atom. The zero-order chi connectivity index (χ0) is 14.0. The number of aromatic nitrogens is 1. The average Bonchev–Trinajstić information content (AvgIpc) is 2.81. The zero-order valence-electron chi connectivity index (χ0n) is 11.3. The first-order chi connectivity index (χ1) is 8.99. The Morgan fingerprint density at radius 1 is 1.32 bits per heavy atom. The van der Waals surface area contributed by atoms with E-state index >= 15 is 0 Å². The minimum absolute atomic E-state index is 0.0434. The van der Waals surface area contributed by atoms with Gasteiger partial charge in [0.2, 0.25) is 0 Å². The summed E-state index contributed by atoms with van der Waals surface area (Å²) in [7, 11) is 1.34. The fraction of sp³-hybridized carbons (Fsp3) is 0.333. The Kier molecular flexibility index (Phi) is 3.42. The molecule has 4 heteroatoms. The Morgan fingerprint density at radius 2 is 2.00 bits per heavy atom. The maximum Gasteiger partial charge on any atom is 0.316 e. The van der Waals surface area contributed by atoms with E-state index in [0.29, 0.717) is 0 Å². The van der Waals surface area contributed by atoms with Crippen LogP contribution in [0, 0.1) is 0 Å². The molecule has 0 saturated carbocycles. The van der Waals surface area contributed by atoms with Gasteiger partial charge in [-0.1, -0.05) is 18.2 Å². The van der Waals surface area contributed by atoms with Gasteiger partial charge in [0.15, 0.2) is 0 Å². The van der Waals surface area contributed by atoms with Crippen LogP contribution in [0.5, 0.6) is 0 Å². The summed E-state index contributed by atoms with van der Waals surface area (Å²) in [5.74, 6) is -0.439. The third-order valence-electron chi connectivity index (χ3n) is 3.42. The monoisotopic (exact) mass is 259 g/mol. The van der Waals surface area contributed by atoms with Gasteiger partial charge < -0.3 is 9.72 Å². The zero-order valence-corrected chi connectivity index (χ0v) is 11.3. The van der Waals surface area contributed by atoms with Crippen LogP contribution in [0.15, 0.2) is 30.5 Å². The maximum absolute atomic E-state index is 12.1. The molecule has 1 N–H and O–H groups in total. The van der Waals surface area contributed by atoms with E-state index < -0.39 is 11.4 Å². The van der Waals surface area contributed by atoms with Gasteiger partial charge in [-0.15, -0.1) is 0 Å². The summed E-state index contributed by atoms with van der Waals surface area (Å²) in [4.78, 5) is 26.7. The van der Waals surface area contributed by atoms with E-state index in [2.05, 4.69) is 4.98 Å². The third kappa shape index (κ3) is 2.26. The quantitative estimate of drug-likeness (QED) is 0.858. The van der Waals surface area contributed by atoms with E-state index in [1.807, 2.05) is 24.3 Å². The number of Topliss-reactive ketones (excluding diaryl/α,β-unsaturated/α-hetero) is 1. The van der Waals surface area contributed by atoms with E-state index in [9.17, 15) is 9.59 Å². The molecular weight excluding hydrogens is 242 g/mol. The molecular formula is C15H17NO3. The summed E-state index contributed by atoms with van der Waals surface area (Å²) < 4.78 is 4.88. The number of rotatable bonds is 4. The fourth-order valence-corrected chi connectivity index (χ4v) is 2.53. The number of ketones is 1. The van der Waals surface area contributed by atoms with Gasteiger partial charge in [0.1, 0.15) is 5.78 Å². The Balaban J connectivity index is 2.61. The summed E-state index contributed by atoms with van der Waals surface area (Å²) in [5, 5.41) is 0.941. The lowest BCUT2D eigenvalue weighted by atomic mass is 9.78. The minimum Gasteiger partial charge on any atom is -0.468 e. The van der Waals surface area contributed by atoms with Crippen molar-refractivity contribution in [1.82, 2.24) is 4.98 Å². The Hall–Kier alpha value is -2.10. The lowest BCUT2D eigenvalue weighted by Crippen LogP contribution is -2.35. The number of benzene rings is 1. The van der Waals surface area contributed by atoms with Crippen LogP contribution >= 0.6 is 0 Å². The Bertz CT molecular complexity index is 629. The van der Waals surface area contributed by atoms with Gasteiger partial charge in [0.05, 0.1) is 12.5 Å². The maximum atomic E-state index is 12.1. The molecule has 0 aliphatic heterocycles. The van der Waals surface area contributed by atoms with Gasteiger partial charge in [0, 0.05) is 23.5 Å². The van der Waals surface area contributed by atoms with Crippen molar-refractivity contribution in [2.75, 3.05) is 7.11 Å². The first-order valence-corrected chi connectivity index (χ1v) is 6.13. The molecule has 1 aromatic carbocycles. The molecule has 0 fully saturated rings. The first kappa shape index (κ1) is 13.3. The van der Waals surface area contributed by atoms with Gasteiger partial charge in [0.25, 0.3) is 0 Å².